The lowest BCUT2D eigenvalue weighted by atomic mass is 9.83. The second-order valence-corrected chi connectivity index (χ2v) is 8.76. The smallest absolute Gasteiger partial charge is 0.0950 e. The summed E-state index contributed by atoms with van der Waals surface area (Å²) in [7, 11) is -0.522. The van der Waals surface area contributed by atoms with Crippen LogP contribution in [0.3, 0.4) is 0 Å². The Balaban J connectivity index is 1.77. The molecule has 0 heterocycles. The minimum absolute atomic E-state index is 0.177. The molecule has 0 spiro atoms. The van der Waals surface area contributed by atoms with Crippen molar-refractivity contribution in [2.24, 2.45) is 0 Å². The molecular weight excluding hydrogens is 333 g/mol. The fraction of sp³-hybridized carbons (Fsp3) is 0.125. The van der Waals surface area contributed by atoms with Gasteiger partial charge < -0.3 is 0 Å². The SMILES string of the molecule is N#CC1=CCc2ccccc2C1CP(c1ccccc1)c1ccccc1. The molecule has 0 amide bonds. The van der Waals surface area contributed by atoms with Crippen LogP contribution in [0.25, 0.3) is 0 Å². The van der Waals surface area contributed by atoms with Gasteiger partial charge in [-0.25, -0.2) is 0 Å². The highest BCUT2D eigenvalue weighted by Gasteiger charge is 2.27. The maximum Gasteiger partial charge on any atom is 0.0950 e. The average Bonchev–Trinajstić information content (AvgIpc) is 2.73. The van der Waals surface area contributed by atoms with Crippen LogP contribution < -0.4 is 10.6 Å². The number of nitriles is 1. The summed E-state index contributed by atoms with van der Waals surface area (Å²) in [4.78, 5) is 0. The van der Waals surface area contributed by atoms with Crippen LogP contribution >= 0.6 is 7.92 Å². The lowest BCUT2D eigenvalue weighted by Crippen LogP contribution is -2.20. The largest absolute Gasteiger partial charge is 0.193 e. The summed E-state index contributed by atoms with van der Waals surface area (Å²) in [5, 5.41) is 12.5. The number of nitrogens with zero attached hydrogens (tertiary/aromatic N) is 1. The zero-order chi connectivity index (χ0) is 17.8. The van der Waals surface area contributed by atoms with Crippen LogP contribution in [0.4, 0.5) is 0 Å². The summed E-state index contributed by atoms with van der Waals surface area (Å²) in [6, 6.07) is 32.6. The molecule has 1 aliphatic rings. The summed E-state index contributed by atoms with van der Waals surface area (Å²) in [6.07, 6.45) is 3.96. The van der Waals surface area contributed by atoms with Gasteiger partial charge in [-0.15, -0.1) is 0 Å². The maximum atomic E-state index is 9.73. The Morgan fingerprint density at radius 2 is 1.38 bits per heavy atom. The van der Waals surface area contributed by atoms with Crippen molar-refractivity contribution in [1.29, 1.82) is 5.26 Å². The van der Waals surface area contributed by atoms with Gasteiger partial charge in [-0.2, -0.15) is 5.26 Å². The van der Waals surface area contributed by atoms with E-state index in [4.69, 9.17) is 0 Å². The zero-order valence-corrected chi connectivity index (χ0v) is 15.4. The van der Waals surface area contributed by atoms with Crippen molar-refractivity contribution in [2.75, 3.05) is 6.16 Å². The molecule has 0 aliphatic heterocycles. The molecule has 0 bridgehead atoms. The van der Waals surface area contributed by atoms with Crippen molar-refractivity contribution < 1.29 is 0 Å². The van der Waals surface area contributed by atoms with E-state index in [9.17, 15) is 5.26 Å². The first-order chi connectivity index (χ1) is 12.9. The molecule has 0 fully saturated rings. The summed E-state index contributed by atoms with van der Waals surface area (Å²) < 4.78 is 0. The third kappa shape index (κ3) is 3.34. The summed E-state index contributed by atoms with van der Waals surface area (Å²) >= 11 is 0. The van der Waals surface area contributed by atoms with Crippen molar-refractivity contribution in [3.8, 4) is 6.07 Å². The monoisotopic (exact) mass is 353 g/mol. The van der Waals surface area contributed by atoms with Crippen LogP contribution in [-0.2, 0) is 6.42 Å². The van der Waals surface area contributed by atoms with E-state index >= 15 is 0 Å². The van der Waals surface area contributed by atoms with Gasteiger partial charge in [0.25, 0.3) is 0 Å². The van der Waals surface area contributed by atoms with Crippen LogP contribution in [0, 0.1) is 11.3 Å². The molecule has 2 heteroatoms. The molecule has 0 saturated heterocycles. The van der Waals surface area contributed by atoms with E-state index in [1.807, 2.05) is 0 Å². The Hall–Kier alpha value is -2.68. The van der Waals surface area contributed by atoms with Crippen molar-refractivity contribution >= 4 is 18.5 Å². The maximum absolute atomic E-state index is 9.73. The van der Waals surface area contributed by atoms with Gasteiger partial charge in [-0.05, 0) is 42.2 Å². The van der Waals surface area contributed by atoms with Gasteiger partial charge in [-0.1, -0.05) is 91.0 Å². The fourth-order valence-corrected chi connectivity index (χ4v) is 6.21. The number of hydrogen-bond donors (Lipinski definition) is 0. The van der Waals surface area contributed by atoms with Crippen molar-refractivity contribution in [3.63, 3.8) is 0 Å². The number of allylic oxidation sites excluding steroid dienone is 2. The molecule has 0 aromatic heterocycles. The van der Waals surface area contributed by atoms with Gasteiger partial charge in [0.2, 0.25) is 0 Å². The number of benzene rings is 3. The highest BCUT2D eigenvalue weighted by Crippen LogP contribution is 2.43. The number of hydrogen-bond acceptors (Lipinski definition) is 1. The van der Waals surface area contributed by atoms with E-state index in [1.165, 1.54) is 21.7 Å². The topological polar surface area (TPSA) is 23.8 Å². The molecule has 0 radical (unpaired) electrons. The number of fused-ring (bicyclic) bond motifs is 1. The minimum atomic E-state index is -0.522. The molecule has 126 valence electrons. The normalized spacial score (nSPS) is 15.8. The molecule has 1 nitrogen and oxygen atoms in total. The fourth-order valence-electron chi connectivity index (χ4n) is 3.67. The van der Waals surface area contributed by atoms with Gasteiger partial charge in [-0.3, -0.25) is 0 Å². The predicted molar refractivity (Wildman–Crippen MR) is 111 cm³/mol. The lowest BCUT2D eigenvalue weighted by molar-refractivity contribution is 0.879. The average molecular weight is 353 g/mol. The lowest BCUT2D eigenvalue weighted by Gasteiger charge is -2.28. The Morgan fingerprint density at radius 1 is 0.808 bits per heavy atom. The van der Waals surface area contributed by atoms with E-state index < -0.39 is 7.92 Å². The molecule has 1 atom stereocenters. The molecule has 26 heavy (non-hydrogen) atoms. The van der Waals surface area contributed by atoms with E-state index in [1.54, 1.807) is 0 Å². The first kappa shape index (κ1) is 16.8. The second-order valence-electron chi connectivity index (χ2n) is 6.51. The Bertz CT molecular complexity index is 915. The zero-order valence-electron chi connectivity index (χ0n) is 14.5. The van der Waals surface area contributed by atoms with Gasteiger partial charge in [0, 0.05) is 11.5 Å². The Morgan fingerprint density at radius 3 is 2.00 bits per heavy atom. The predicted octanol–water partition coefficient (Wildman–Crippen LogP) is 4.91. The third-order valence-electron chi connectivity index (χ3n) is 4.98. The van der Waals surface area contributed by atoms with Crippen LogP contribution in [0.5, 0.6) is 0 Å². The molecule has 0 N–H and O–H groups in total. The summed E-state index contributed by atoms with van der Waals surface area (Å²) in [5.41, 5.74) is 3.60. The van der Waals surface area contributed by atoms with E-state index in [0.717, 1.165) is 18.2 Å². The Kier molecular flexibility index (Phi) is 4.96. The standard InChI is InChI=1S/C24H20NP/c25-17-20-16-15-19-9-7-8-14-23(19)24(20)18-26(21-10-3-1-4-11-21)22-12-5-2-6-13-22/h1-14,16,24H,15,18H2. The highest BCUT2D eigenvalue weighted by atomic mass is 31.1. The first-order valence-electron chi connectivity index (χ1n) is 8.92. The molecule has 3 aromatic carbocycles. The molecular formula is C24H20NP. The molecule has 1 unspecified atom stereocenters. The van der Waals surface area contributed by atoms with Crippen LogP contribution in [-0.4, -0.2) is 6.16 Å². The summed E-state index contributed by atoms with van der Waals surface area (Å²) in [6.45, 7) is 0. The molecule has 0 saturated carbocycles. The highest BCUT2D eigenvalue weighted by molar-refractivity contribution is 7.73. The third-order valence-corrected chi connectivity index (χ3v) is 7.55. The van der Waals surface area contributed by atoms with Gasteiger partial charge >= 0.3 is 0 Å². The van der Waals surface area contributed by atoms with Crippen LogP contribution in [0.1, 0.15) is 17.0 Å². The van der Waals surface area contributed by atoms with E-state index in [2.05, 4.69) is 97.1 Å². The van der Waals surface area contributed by atoms with Crippen molar-refractivity contribution in [2.45, 2.75) is 12.3 Å². The molecule has 4 rings (SSSR count). The van der Waals surface area contributed by atoms with Crippen LogP contribution in [0.2, 0.25) is 0 Å². The molecule has 1 aliphatic carbocycles. The molecule has 3 aromatic rings. The van der Waals surface area contributed by atoms with Crippen molar-refractivity contribution in [1.82, 2.24) is 0 Å². The summed E-state index contributed by atoms with van der Waals surface area (Å²) in [5.74, 6) is 0.177. The van der Waals surface area contributed by atoms with Gasteiger partial charge in [0.15, 0.2) is 0 Å². The van der Waals surface area contributed by atoms with Crippen LogP contribution in [0.15, 0.2) is 96.6 Å². The quantitative estimate of drug-likeness (QED) is 0.612. The Labute approximate surface area is 156 Å². The van der Waals surface area contributed by atoms with E-state index in [0.29, 0.717) is 0 Å². The van der Waals surface area contributed by atoms with Crippen molar-refractivity contribution in [3.05, 3.63) is 108 Å². The minimum Gasteiger partial charge on any atom is -0.193 e. The van der Waals surface area contributed by atoms with E-state index in [-0.39, 0.29) is 5.92 Å². The second kappa shape index (κ2) is 7.69. The number of rotatable bonds is 4. The first-order valence-corrected chi connectivity index (χ1v) is 10.4. The van der Waals surface area contributed by atoms with Gasteiger partial charge in [0.05, 0.1) is 6.07 Å². The van der Waals surface area contributed by atoms with Gasteiger partial charge in [0.1, 0.15) is 0 Å².